The summed E-state index contributed by atoms with van der Waals surface area (Å²) in [6.45, 7) is 6.97. The second-order valence-electron chi connectivity index (χ2n) is 9.93. The Balaban J connectivity index is 1.67. The zero-order valence-electron chi connectivity index (χ0n) is 22.4. The maximum atomic E-state index is 13.3. The van der Waals surface area contributed by atoms with Gasteiger partial charge in [0.15, 0.2) is 0 Å². The molecule has 4 N–H and O–H groups in total. The van der Waals surface area contributed by atoms with Crippen molar-refractivity contribution >= 4 is 29.6 Å². The third kappa shape index (κ3) is 8.32. The van der Waals surface area contributed by atoms with Crippen molar-refractivity contribution in [2.75, 3.05) is 0 Å². The number of aromatic nitrogens is 2. The van der Waals surface area contributed by atoms with E-state index < -0.39 is 47.7 Å². The molecular formula is C27H34N6O6. The summed E-state index contributed by atoms with van der Waals surface area (Å²) in [7, 11) is 0. The highest BCUT2D eigenvalue weighted by atomic mass is 16.5. The van der Waals surface area contributed by atoms with E-state index in [0.29, 0.717) is 11.5 Å². The topological polar surface area (TPSA) is 168 Å². The van der Waals surface area contributed by atoms with Gasteiger partial charge in [0.05, 0.1) is 6.54 Å². The lowest BCUT2D eigenvalue weighted by Crippen LogP contribution is -2.59. The lowest BCUT2D eigenvalue weighted by Gasteiger charge is -2.28. The molecule has 1 aliphatic heterocycles. The van der Waals surface area contributed by atoms with Crippen LogP contribution in [0.3, 0.4) is 0 Å². The number of carbonyl (C=O) groups is 5. The molecule has 0 radical (unpaired) electrons. The predicted molar refractivity (Wildman–Crippen MR) is 140 cm³/mol. The lowest BCUT2D eigenvalue weighted by atomic mass is 9.98. The molecule has 3 rings (SSSR count). The number of ether oxygens (including phenoxy) is 1. The van der Waals surface area contributed by atoms with Crippen LogP contribution in [0, 0.1) is 11.8 Å². The minimum absolute atomic E-state index is 0.0128. The van der Waals surface area contributed by atoms with Crippen molar-refractivity contribution in [3.8, 4) is 0 Å². The van der Waals surface area contributed by atoms with E-state index in [0.717, 1.165) is 5.56 Å². The number of rotatable bonds is 9. The van der Waals surface area contributed by atoms with Crippen LogP contribution in [-0.4, -0.2) is 57.7 Å². The van der Waals surface area contributed by atoms with E-state index in [1.165, 1.54) is 6.20 Å². The van der Waals surface area contributed by atoms with E-state index in [-0.39, 0.29) is 31.4 Å². The molecule has 2 aromatic rings. The monoisotopic (exact) mass is 538 g/mol. The van der Waals surface area contributed by atoms with E-state index in [4.69, 9.17) is 4.74 Å². The van der Waals surface area contributed by atoms with Crippen LogP contribution < -0.4 is 21.3 Å². The van der Waals surface area contributed by atoms with Gasteiger partial charge in [-0.3, -0.25) is 19.2 Å². The summed E-state index contributed by atoms with van der Waals surface area (Å²) in [6, 6.07) is 7.47. The first-order valence-corrected chi connectivity index (χ1v) is 12.8. The van der Waals surface area contributed by atoms with Crippen molar-refractivity contribution in [3.05, 3.63) is 59.7 Å². The Morgan fingerprint density at radius 3 is 2.31 bits per heavy atom. The molecule has 2 bridgehead atoms. The van der Waals surface area contributed by atoms with Crippen LogP contribution >= 0.6 is 0 Å². The molecule has 2 heterocycles. The summed E-state index contributed by atoms with van der Waals surface area (Å²) < 4.78 is 5.24. The average molecular weight is 539 g/mol. The molecule has 1 aromatic heterocycles. The Labute approximate surface area is 226 Å². The Morgan fingerprint density at radius 2 is 1.64 bits per heavy atom. The number of carbonyl (C=O) groups excluding carboxylic acids is 5. The molecule has 0 spiro atoms. The number of Topliss-reactive ketones (excluding diaryl/α,β-unsaturated/α-hetero) is 1. The van der Waals surface area contributed by atoms with Crippen LogP contribution in [0.2, 0.25) is 0 Å². The number of fused-ring (bicyclic) bond motifs is 2. The molecule has 39 heavy (non-hydrogen) atoms. The fourth-order valence-electron chi connectivity index (χ4n) is 3.93. The van der Waals surface area contributed by atoms with Crippen LogP contribution in [0.15, 0.2) is 42.6 Å². The van der Waals surface area contributed by atoms with Gasteiger partial charge in [0.1, 0.15) is 30.6 Å². The largest absolute Gasteiger partial charge is 0.445 e. The van der Waals surface area contributed by atoms with E-state index in [1.807, 2.05) is 30.3 Å². The van der Waals surface area contributed by atoms with Gasteiger partial charge in [-0.1, -0.05) is 58.0 Å². The minimum atomic E-state index is -1.19. The Morgan fingerprint density at radius 1 is 0.974 bits per heavy atom. The smallest absolute Gasteiger partial charge is 0.408 e. The van der Waals surface area contributed by atoms with Crippen LogP contribution in [0.4, 0.5) is 4.79 Å². The van der Waals surface area contributed by atoms with Crippen LogP contribution in [0.5, 0.6) is 0 Å². The molecule has 4 amide bonds. The second kappa shape index (κ2) is 13.4. The van der Waals surface area contributed by atoms with Crippen LogP contribution in [-0.2, 0) is 43.5 Å². The maximum Gasteiger partial charge on any atom is 0.408 e. The van der Waals surface area contributed by atoms with Crippen LogP contribution in [0.25, 0.3) is 0 Å². The molecule has 3 unspecified atom stereocenters. The second-order valence-corrected chi connectivity index (χ2v) is 9.93. The lowest BCUT2D eigenvalue weighted by molar-refractivity contribution is -0.140. The van der Waals surface area contributed by atoms with E-state index in [1.54, 1.807) is 33.8 Å². The Hall–Kier alpha value is -4.35. The molecule has 0 aliphatic carbocycles. The highest BCUT2D eigenvalue weighted by Gasteiger charge is 2.34. The highest BCUT2D eigenvalue weighted by molar-refractivity contribution is 6.38. The van der Waals surface area contributed by atoms with E-state index in [2.05, 4.69) is 31.2 Å². The first-order chi connectivity index (χ1) is 18.5. The summed E-state index contributed by atoms with van der Waals surface area (Å²) in [4.78, 5) is 72.3. The maximum absolute atomic E-state index is 13.3. The molecule has 12 heteroatoms. The number of amides is 4. The molecule has 1 aliphatic rings. The van der Waals surface area contributed by atoms with Crippen molar-refractivity contribution < 1.29 is 28.7 Å². The Bertz CT molecular complexity index is 1200. The third-order valence-electron chi connectivity index (χ3n) is 6.12. The molecule has 3 atom stereocenters. The summed E-state index contributed by atoms with van der Waals surface area (Å²) in [6.07, 6.45) is 0.722. The predicted octanol–water partition coefficient (Wildman–Crippen LogP) is 0.795. The number of nitrogens with one attached hydrogen (secondary N) is 4. The Kier molecular flexibility index (Phi) is 10.1. The van der Waals surface area contributed by atoms with Crippen molar-refractivity contribution in [2.24, 2.45) is 11.8 Å². The quantitative estimate of drug-likeness (QED) is 0.340. The van der Waals surface area contributed by atoms with Crippen molar-refractivity contribution in [1.29, 1.82) is 0 Å². The number of nitrogens with zero attached hydrogens (tertiary/aromatic N) is 2. The van der Waals surface area contributed by atoms with Crippen molar-refractivity contribution in [3.63, 3.8) is 0 Å². The third-order valence-corrected chi connectivity index (χ3v) is 6.12. The van der Waals surface area contributed by atoms with Gasteiger partial charge in [-0.25, -0.2) is 14.8 Å². The molecule has 0 saturated carbocycles. The standard InChI is InChI=1S/C27H34N6O6/c1-15(2)21(24(35)31-19-12-18-10-11-28-20(30-18)13-29-26(37)23(19)34)32-25(36)22(16(3)4)33-27(38)39-14-17-8-6-5-7-9-17/h5-11,15-16,19,21-22H,12-14H2,1-4H3,(H,29,37)(H,31,35)(H,32,36)(H,33,38). The number of ketones is 1. The molecule has 1 aromatic carbocycles. The molecule has 0 fully saturated rings. The molecule has 12 nitrogen and oxygen atoms in total. The van der Waals surface area contributed by atoms with Crippen LogP contribution in [0.1, 0.15) is 44.8 Å². The normalized spacial score (nSPS) is 16.7. The van der Waals surface area contributed by atoms with Gasteiger partial charge in [-0.05, 0) is 23.5 Å². The van der Waals surface area contributed by atoms with E-state index in [9.17, 15) is 24.0 Å². The van der Waals surface area contributed by atoms with Gasteiger partial charge < -0.3 is 26.0 Å². The van der Waals surface area contributed by atoms with Gasteiger partial charge in [0.25, 0.3) is 5.91 Å². The summed E-state index contributed by atoms with van der Waals surface area (Å²) in [5.74, 6) is -3.28. The average Bonchev–Trinajstić information content (AvgIpc) is 2.94. The first-order valence-electron chi connectivity index (χ1n) is 12.8. The summed E-state index contributed by atoms with van der Waals surface area (Å²) in [5, 5.41) is 10.3. The summed E-state index contributed by atoms with van der Waals surface area (Å²) >= 11 is 0. The first kappa shape index (κ1) is 29.2. The number of alkyl carbamates (subject to hydrolysis) is 1. The summed E-state index contributed by atoms with van der Waals surface area (Å²) in [5.41, 5.74) is 1.28. The number of benzene rings is 1. The molecule has 208 valence electrons. The number of hydrogen-bond acceptors (Lipinski definition) is 8. The fourth-order valence-corrected chi connectivity index (χ4v) is 3.93. The molecular weight excluding hydrogens is 504 g/mol. The van der Waals surface area contributed by atoms with Gasteiger partial charge in [0.2, 0.25) is 17.6 Å². The fraction of sp³-hybridized carbons (Fsp3) is 0.444. The number of hydrogen-bond donors (Lipinski definition) is 4. The van der Waals surface area contributed by atoms with Gasteiger partial charge in [-0.2, -0.15) is 0 Å². The highest BCUT2D eigenvalue weighted by Crippen LogP contribution is 2.10. The SMILES string of the molecule is CC(C)C(NC(=O)OCc1ccccc1)C(=O)NC(C(=O)NC1Cc2ccnc(n2)CNC(=O)C1=O)C(C)C. The van der Waals surface area contributed by atoms with Gasteiger partial charge >= 0.3 is 6.09 Å². The minimum Gasteiger partial charge on any atom is -0.445 e. The van der Waals surface area contributed by atoms with E-state index >= 15 is 0 Å². The zero-order valence-corrected chi connectivity index (χ0v) is 22.4. The van der Waals surface area contributed by atoms with Crippen molar-refractivity contribution in [2.45, 2.75) is 65.4 Å². The van der Waals surface area contributed by atoms with Gasteiger partial charge in [-0.15, -0.1) is 0 Å². The van der Waals surface area contributed by atoms with Crippen molar-refractivity contribution in [1.82, 2.24) is 31.2 Å². The van der Waals surface area contributed by atoms with Gasteiger partial charge in [0, 0.05) is 18.3 Å². The zero-order chi connectivity index (χ0) is 28.5. The molecule has 0 saturated heterocycles.